The fourth-order valence-corrected chi connectivity index (χ4v) is 2.64. The maximum atomic E-state index is 13.2. The van der Waals surface area contributed by atoms with E-state index in [-0.39, 0.29) is 16.4 Å². The van der Waals surface area contributed by atoms with Gasteiger partial charge in [0.25, 0.3) is 10.0 Å². The van der Waals surface area contributed by atoms with Crippen LogP contribution in [0, 0.1) is 19.7 Å². The number of nitrogens with zero attached hydrogens (tertiary/aromatic N) is 1. The Hall–Kier alpha value is -2.09. The largest absolute Gasteiger partial charge is 0.399 e. The molecule has 1 aromatic heterocycles. The van der Waals surface area contributed by atoms with E-state index in [2.05, 4.69) is 14.9 Å². The number of rotatable bonds is 3. The molecule has 4 N–H and O–H groups in total. The van der Waals surface area contributed by atoms with Gasteiger partial charge in [-0.3, -0.25) is 9.82 Å². The van der Waals surface area contributed by atoms with Crippen molar-refractivity contribution in [3.8, 4) is 0 Å². The van der Waals surface area contributed by atoms with Crippen LogP contribution in [0.25, 0.3) is 0 Å². The van der Waals surface area contributed by atoms with Crippen LogP contribution in [0.5, 0.6) is 0 Å². The molecule has 0 aliphatic heterocycles. The number of aryl methyl sites for hydroxylation is 1. The number of hydrogen-bond acceptors (Lipinski definition) is 4. The van der Waals surface area contributed by atoms with Crippen LogP contribution in [0.15, 0.2) is 23.1 Å². The minimum Gasteiger partial charge on any atom is -0.399 e. The molecule has 2 rings (SSSR count). The van der Waals surface area contributed by atoms with Crippen molar-refractivity contribution in [1.29, 1.82) is 0 Å². The second-order valence-electron chi connectivity index (χ2n) is 4.15. The molecule has 1 heterocycles. The van der Waals surface area contributed by atoms with Gasteiger partial charge in [0, 0.05) is 16.9 Å². The van der Waals surface area contributed by atoms with Gasteiger partial charge in [0.05, 0.1) is 4.90 Å². The van der Waals surface area contributed by atoms with Crippen molar-refractivity contribution in [2.45, 2.75) is 18.7 Å². The molecule has 0 spiro atoms. The summed E-state index contributed by atoms with van der Waals surface area (Å²) in [6, 6.07) is 3.12. The van der Waals surface area contributed by atoms with Crippen LogP contribution < -0.4 is 10.5 Å². The fraction of sp³-hybridized carbons (Fsp3) is 0.182. The zero-order valence-corrected chi connectivity index (χ0v) is 11.2. The van der Waals surface area contributed by atoms with Crippen molar-refractivity contribution in [2.24, 2.45) is 0 Å². The third kappa shape index (κ3) is 2.68. The lowest BCUT2D eigenvalue weighted by molar-refractivity contribution is 0.595. The summed E-state index contributed by atoms with van der Waals surface area (Å²) < 4.78 is 39.6. The minimum atomic E-state index is -3.92. The molecular formula is C11H13FN4O2S. The van der Waals surface area contributed by atoms with Crippen LogP contribution in [0.4, 0.5) is 15.9 Å². The molecule has 0 aliphatic carbocycles. The highest BCUT2D eigenvalue weighted by atomic mass is 32.2. The number of H-pyrrole nitrogens is 1. The fourth-order valence-electron chi connectivity index (χ4n) is 1.51. The van der Waals surface area contributed by atoms with Gasteiger partial charge in [-0.1, -0.05) is 0 Å². The predicted octanol–water partition coefficient (Wildman–Crippen LogP) is 1.55. The Kier molecular flexibility index (Phi) is 3.19. The topological polar surface area (TPSA) is 101 Å². The molecule has 0 amide bonds. The van der Waals surface area contributed by atoms with Crippen LogP contribution in [-0.2, 0) is 10.0 Å². The minimum absolute atomic E-state index is 0.0373. The molecule has 2 aromatic rings. The summed E-state index contributed by atoms with van der Waals surface area (Å²) in [5.41, 5.74) is 6.89. The number of hydrogen-bond donors (Lipinski definition) is 3. The second-order valence-corrected chi connectivity index (χ2v) is 5.83. The molecule has 6 nitrogen and oxygen atoms in total. The normalized spacial score (nSPS) is 11.5. The number of halogens is 1. The van der Waals surface area contributed by atoms with E-state index in [1.165, 1.54) is 6.07 Å². The summed E-state index contributed by atoms with van der Waals surface area (Å²) in [7, 11) is -3.92. The van der Waals surface area contributed by atoms with Gasteiger partial charge in [-0.25, -0.2) is 12.8 Å². The second kappa shape index (κ2) is 4.54. The Morgan fingerprint density at radius 2 is 2.00 bits per heavy atom. The van der Waals surface area contributed by atoms with Crippen molar-refractivity contribution >= 4 is 21.5 Å². The first-order chi connectivity index (χ1) is 8.79. The van der Waals surface area contributed by atoms with Crippen LogP contribution >= 0.6 is 0 Å². The number of sulfonamides is 1. The number of nitrogens with one attached hydrogen (secondary N) is 2. The average molecular weight is 284 g/mol. The van der Waals surface area contributed by atoms with Crippen LogP contribution in [0.1, 0.15) is 11.3 Å². The Labute approximate surface area is 109 Å². The van der Waals surface area contributed by atoms with E-state index in [1.807, 2.05) is 0 Å². The Morgan fingerprint density at radius 3 is 2.53 bits per heavy atom. The molecule has 0 fully saturated rings. The van der Waals surface area contributed by atoms with Crippen molar-refractivity contribution in [3.05, 3.63) is 35.3 Å². The van der Waals surface area contributed by atoms with Gasteiger partial charge >= 0.3 is 0 Å². The summed E-state index contributed by atoms with van der Waals surface area (Å²) in [5.74, 6) is -0.532. The number of nitrogens with two attached hydrogens (primary N) is 1. The van der Waals surface area contributed by atoms with Gasteiger partial charge in [0.15, 0.2) is 5.82 Å². The van der Waals surface area contributed by atoms with Gasteiger partial charge in [-0.2, -0.15) is 5.10 Å². The monoisotopic (exact) mass is 284 g/mol. The summed E-state index contributed by atoms with van der Waals surface area (Å²) in [4.78, 5) is -0.245. The van der Waals surface area contributed by atoms with Gasteiger partial charge in [0.2, 0.25) is 0 Å². The molecule has 1 aromatic carbocycles. The van der Waals surface area contributed by atoms with E-state index in [9.17, 15) is 12.8 Å². The van der Waals surface area contributed by atoms with E-state index in [1.54, 1.807) is 13.8 Å². The molecule has 0 atom stereocenters. The van der Waals surface area contributed by atoms with Gasteiger partial charge in [-0.15, -0.1) is 0 Å². The van der Waals surface area contributed by atoms with E-state index >= 15 is 0 Å². The lowest BCUT2D eigenvalue weighted by Gasteiger charge is -2.07. The van der Waals surface area contributed by atoms with Crippen molar-refractivity contribution in [2.75, 3.05) is 10.5 Å². The molecule has 0 saturated carbocycles. The van der Waals surface area contributed by atoms with Crippen molar-refractivity contribution < 1.29 is 12.8 Å². The third-order valence-corrected chi connectivity index (χ3v) is 4.01. The highest BCUT2D eigenvalue weighted by molar-refractivity contribution is 7.92. The zero-order valence-electron chi connectivity index (χ0n) is 10.4. The van der Waals surface area contributed by atoms with Crippen molar-refractivity contribution in [1.82, 2.24) is 10.2 Å². The average Bonchev–Trinajstić information content (AvgIpc) is 2.59. The van der Waals surface area contributed by atoms with E-state index in [0.717, 1.165) is 17.8 Å². The Balaban J connectivity index is 2.40. The number of anilines is 2. The number of nitrogen functional groups attached to an aromatic ring is 1. The molecule has 0 radical (unpaired) electrons. The molecule has 0 saturated heterocycles. The van der Waals surface area contributed by atoms with E-state index < -0.39 is 15.8 Å². The first kappa shape index (κ1) is 13.3. The molecule has 0 bridgehead atoms. The van der Waals surface area contributed by atoms with Gasteiger partial charge in [0.1, 0.15) is 5.82 Å². The SMILES string of the molecule is Cc1[nH]nc(NS(=O)(=O)c2cc(N)cc(F)c2)c1C. The molecule has 0 aliphatic rings. The molecular weight excluding hydrogens is 271 g/mol. The Bertz CT molecular complexity index is 704. The standard InChI is InChI=1S/C11H13FN4O2S/c1-6-7(2)14-15-11(6)16-19(17,18)10-4-8(12)3-9(13)5-10/h3-5H,13H2,1-2H3,(H2,14,15,16). The maximum absolute atomic E-state index is 13.2. The van der Waals surface area contributed by atoms with Crippen LogP contribution in [0.3, 0.4) is 0 Å². The number of aromatic amines is 1. The first-order valence-corrected chi connectivity index (χ1v) is 6.88. The summed E-state index contributed by atoms with van der Waals surface area (Å²) in [5, 5.41) is 6.49. The zero-order chi connectivity index (χ0) is 14.2. The first-order valence-electron chi connectivity index (χ1n) is 5.40. The quantitative estimate of drug-likeness (QED) is 0.744. The third-order valence-electron chi connectivity index (χ3n) is 2.69. The van der Waals surface area contributed by atoms with E-state index in [0.29, 0.717) is 5.56 Å². The summed E-state index contributed by atoms with van der Waals surface area (Å²) >= 11 is 0. The molecule has 102 valence electrons. The molecule has 8 heteroatoms. The highest BCUT2D eigenvalue weighted by Gasteiger charge is 2.18. The predicted molar refractivity (Wildman–Crippen MR) is 69.7 cm³/mol. The van der Waals surface area contributed by atoms with Crippen molar-refractivity contribution in [3.63, 3.8) is 0 Å². The molecule has 19 heavy (non-hydrogen) atoms. The van der Waals surface area contributed by atoms with Gasteiger partial charge < -0.3 is 5.73 Å². The number of benzene rings is 1. The maximum Gasteiger partial charge on any atom is 0.263 e. The van der Waals surface area contributed by atoms with Crippen LogP contribution in [-0.4, -0.2) is 18.6 Å². The molecule has 0 unspecified atom stereocenters. The lowest BCUT2D eigenvalue weighted by Crippen LogP contribution is -2.14. The summed E-state index contributed by atoms with van der Waals surface area (Å²) in [6.07, 6.45) is 0. The highest BCUT2D eigenvalue weighted by Crippen LogP contribution is 2.21. The van der Waals surface area contributed by atoms with Crippen LogP contribution in [0.2, 0.25) is 0 Å². The Morgan fingerprint density at radius 1 is 1.32 bits per heavy atom. The summed E-state index contributed by atoms with van der Waals surface area (Å²) in [6.45, 7) is 3.48. The number of aromatic nitrogens is 2. The smallest absolute Gasteiger partial charge is 0.263 e. The van der Waals surface area contributed by atoms with Gasteiger partial charge in [-0.05, 0) is 32.0 Å². The lowest BCUT2D eigenvalue weighted by atomic mass is 10.3. The van der Waals surface area contributed by atoms with E-state index in [4.69, 9.17) is 5.73 Å².